The first-order chi connectivity index (χ1) is 12.2. The highest BCUT2D eigenvalue weighted by molar-refractivity contribution is 6.07. The standard InChI is InChI=1S/C19H17N3O3/c23-18(10-12-5-6-17-13(9-12)7-8-25-17)21-22-19(24)15-11-20-16-4-2-1-3-14(15)16/h1-6,9,11,20H,7-8,10H2,(H,21,23)(H,22,24). The van der Waals surface area contributed by atoms with E-state index < -0.39 is 0 Å². The lowest BCUT2D eigenvalue weighted by Gasteiger charge is -2.08. The molecule has 0 saturated heterocycles. The van der Waals surface area contributed by atoms with Crippen LogP contribution in [-0.2, 0) is 17.6 Å². The average molecular weight is 335 g/mol. The maximum Gasteiger partial charge on any atom is 0.271 e. The van der Waals surface area contributed by atoms with E-state index in [1.165, 1.54) is 0 Å². The molecule has 3 aromatic rings. The number of para-hydroxylation sites is 1. The summed E-state index contributed by atoms with van der Waals surface area (Å²) in [4.78, 5) is 27.4. The molecule has 0 fully saturated rings. The van der Waals surface area contributed by atoms with E-state index in [0.29, 0.717) is 12.2 Å². The highest BCUT2D eigenvalue weighted by atomic mass is 16.5. The van der Waals surface area contributed by atoms with E-state index in [1.807, 2.05) is 42.5 Å². The summed E-state index contributed by atoms with van der Waals surface area (Å²) < 4.78 is 5.45. The first kappa shape index (κ1) is 15.3. The number of carbonyl (C=O) groups is 2. The summed E-state index contributed by atoms with van der Waals surface area (Å²) in [5.41, 5.74) is 8.31. The summed E-state index contributed by atoms with van der Waals surface area (Å²) in [5.74, 6) is 0.261. The molecule has 1 aromatic heterocycles. The number of amides is 2. The predicted molar refractivity (Wildman–Crippen MR) is 93.3 cm³/mol. The third-order valence-corrected chi connectivity index (χ3v) is 4.27. The summed E-state index contributed by atoms with van der Waals surface area (Å²) in [5, 5.41) is 0.813. The molecule has 0 spiro atoms. The number of H-pyrrole nitrogens is 1. The summed E-state index contributed by atoms with van der Waals surface area (Å²) in [6.45, 7) is 0.686. The quantitative estimate of drug-likeness (QED) is 0.641. The van der Waals surface area contributed by atoms with Crippen LogP contribution in [0.15, 0.2) is 48.7 Å². The Hall–Kier alpha value is -3.28. The second-order valence-electron chi connectivity index (χ2n) is 5.97. The van der Waals surface area contributed by atoms with Crippen LogP contribution >= 0.6 is 0 Å². The van der Waals surface area contributed by atoms with Gasteiger partial charge in [-0.15, -0.1) is 0 Å². The van der Waals surface area contributed by atoms with Gasteiger partial charge in [0.15, 0.2) is 0 Å². The Bertz CT molecular complexity index is 961. The molecule has 3 N–H and O–H groups in total. The minimum atomic E-state index is -0.354. The summed E-state index contributed by atoms with van der Waals surface area (Å²) >= 11 is 0. The van der Waals surface area contributed by atoms with Crippen molar-refractivity contribution in [1.29, 1.82) is 0 Å². The number of aromatic amines is 1. The maximum absolute atomic E-state index is 12.3. The number of carbonyl (C=O) groups excluding carboxylic acids is 2. The van der Waals surface area contributed by atoms with Gasteiger partial charge in [-0.25, -0.2) is 0 Å². The van der Waals surface area contributed by atoms with Crippen LogP contribution in [0.25, 0.3) is 10.9 Å². The Labute approximate surface area is 144 Å². The number of hydrazine groups is 1. The van der Waals surface area contributed by atoms with E-state index in [9.17, 15) is 9.59 Å². The number of benzene rings is 2. The monoisotopic (exact) mass is 335 g/mol. The minimum Gasteiger partial charge on any atom is -0.493 e. The van der Waals surface area contributed by atoms with Gasteiger partial charge in [0.25, 0.3) is 5.91 Å². The fourth-order valence-corrected chi connectivity index (χ4v) is 3.03. The first-order valence-electron chi connectivity index (χ1n) is 8.10. The highest BCUT2D eigenvalue weighted by Gasteiger charge is 2.15. The highest BCUT2D eigenvalue weighted by Crippen LogP contribution is 2.26. The largest absolute Gasteiger partial charge is 0.493 e. The van der Waals surface area contributed by atoms with Gasteiger partial charge in [0.2, 0.25) is 5.91 Å². The smallest absolute Gasteiger partial charge is 0.271 e. The van der Waals surface area contributed by atoms with Crippen LogP contribution in [-0.4, -0.2) is 23.4 Å². The summed E-state index contributed by atoms with van der Waals surface area (Å²) in [6.07, 6.45) is 2.69. The SMILES string of the molecule is O=C(Cc1ccc2c(c1)CCO2)NNC(=O)c1c[nH]c2ccccc12. The van der Waals surface area contributed by atoms with E-state index in [0.717, 1.165) is 34.2 Å². The van der Waals surface area contributed by atoms with Gasteiger partial charge in [0.05, 0.1) is 18.6 Å². The van der Waals surface area contributed by atoms with Gasteiger partial charge < -0.3 is 9.72 Å². The molecular weight excluding hydrogens is 318 g/mol. The van der Waals surface area contributed by atoms with E-state index >= 15 is 0 Å². The molecule has 6 nitrogen and oxygen atoms in total. The van der Waals surface area contributed by atoms with E-state index in [2.05, 4.69) is 15.8 Å². The molecule has 126 valence electrons. The summed E-state index contributed by atoms with van der Waals surface area (Å²) in [7, 11) is 0. The zero-order valence-electron chi connectivity index (χ0n) is 13.5. The molecule has 2 amide bonds. The summed E-state index contributed by atoms with van der Waals surface area (Å²) in [6, 6.07) is 13.2. The van der Waals surface area contributed by atoms with Crippen molar-refractivity contribution in [2.24, 2.45) is 0 Å². The number of hydrogen-bond donors (Lipinski definition) is 3. The number of fused-ring (bicyclic) bond motifs is 2. The van der Waals surface area contributed by atoms with Crippen molar-refractivity contribution >= 4 is 22.7 Å². The van der Waals surface area contributed by atoms with Crippen molar-refractivity contribution in [2.45, 2.75) is 12.8 Å². The molecule has 0 radical (unpaired) electrons. The molecule has 0 bridgehead atoms. The normalized spacial score (nSPS) is 12.5. The molecule has 1 aliphatic rings. The molecular formula is C19H17N3O3. The van der Waals surface area contributed by atoms with Crippen molar-refractivity contribution in [3.63, 3.8) is 0 Å². The van der Waals surface area contributed by atoms with Gasteiger partial charge in [0, 0.05) is 23.5 Å². The lowest BCUT2D eigenvalue weighted by atomic mass is 10.1. The fourth-order valence-electron chi connectivity index (χ4n) is 3.03. The Kier molecular flexibility index (Phi) is 3.85. The molecule has 2 aromatic carbocycles. The maximum atomic E-state index is 12.3. The van der Waals surface area contributed by atoms with Crippen LogP contribution in [0, 0.1) is 0 Å². The number of nitrogens with one attached hydrogen (secondary N) is 3. The third kappa shape index (κ3) is 3.06. The van der Waals surface area contributed by atoms with E-state index in [-0.39, 0.29) is 18.2 Å². The van der Waals surface area contributed by atoms with Gasteiger partial charge in [-0.1, -0.05) is 30.3 Å². The number of ether oxygens (including phenoxy) is 1. The topological polar surface area (TPSA) is 83.2 Å². The van der Waals surface area contributed by atoms with Crippen molar-refractivity contribution in [2.75, 3.05) is 6.61 Å². The molecule has 1 aliphatic heterocycles. The third-order valence-electron chi connectivity index (χ3n) is 4.27. The minimum absolute atomic E-state index is 0.196. The Morgan fingerprint density at radius 2 is 2.00 bits per heavy atom. The van der Waals surface area contributed by atoms with Crippen molar-refractivity contribution in [3.8, 4) is 5.75 Å². The molecule has 25 heavy (non-hydrogen) atoms. The molecule has 0 aliphatic carbocycles. The molecule has 6 heteroatoms. The van der Waals surface area contributed by atoms with Gasteiger partial charge >= 0.3 is 0 Å². The van der Waals surface area contributed by atoms with Crippen LogP contribution in [0.1, 0.15) is 21.5 Å². The van der Waals surface area contributed by atoms with Crippen LogP contribution < -0.4 is 15.6 Å². The Morgan fingerprint density at radius 3 is 2.92 bits per heavy atom. The van der Waals surface area contributed by atoms with Gasteiger partial charge in [0.1, 0.15) is 5.75 Å². The van der Waals surface area contributed by atoms with E-state index in [4.69, 9.17) is 4.74 Å². The van der Waals surface area contributed by atoms with E-state index in [1.54, 1.807) is 6.20 Å². The molecule has 0 unspecified atom stereocenters. The van der Waals surface area contributed by atoms with Gasteiger partial charge in [-0.2, -0.15) is 0 Å². The van der Waals surface area contributed by atoms with Crippen LogP contribution in [0.5, 0.6) is 5.75 Å². The first-order valence-corrected chi connectivity index (χ1v) is 8.10. The predicted octanol–water partition coefficient (Wildman–Crippen LogP) is 2.11. The van der Waals surface area contributed by atoms with Crippen LogP contribution in [0.4, 0.5) is 0 Å². The van der Waals surface area contributed by atoms with Crippen LogP contribution in [0.2, 0.25) is 0 Å². The molecule has 0 saturated carbocycles. The van der Waals surface area contributed by atoms with Gasteiger partial charge in [-0.05, 0) is 23.3 Å². The zero-order chi connectivity index (χ0) is 17.2. The average Bonchev–Trinajstić information content (AvgIpc) is 3.26. The second kappa shape index (κ2) is 6.32. The second-order valence-corrected chi connectivity index (χ2v) is 5.97. The molecule has 4 rings (SSSR count). The van der Waals surface area contributed by atoms with Crippen molar-refractivity contribution < 1.29 is 14.3 Å². The Morgan fingerprint density at radius 1 is 1.12 bits per heavy atom. The zero-order valence-corrected chi connectivity index (χ0v) is 13.5. The van der Waals surface area contributed by atoms with Gasteiger partial charge in [-0.3, -0.25) is 20.4 Å². The lowest BCUT2D eigenvalue weighted by molar-refractivity contribution is -0.121. The Balaban J connectivity index is 1.37. The fraction of sp³-hybridized carbons (Fsp3) is 0.158. The van der Waals surface area contributed by atoms with Crippen molar-refractivity contribution in [1.82, 2.24) is 15.8 Å². The number of aromatic nitrogens is 1. The molecule has 0 atom stereocenters. The van der Waals surface area contributed by atoms with Crippen molar-refractivity contribution in [3.05, 3.63) is 65.4 Å². The molecule has 2 heterocycles. The number of rotatable bonds is 3. The van der Waals surface area contributed by atoms with Crippen LogP contribution in [0.3, 0.4) is 0 Å². The number of hydrogen-bond acceptors (Lipinski definition) is 3. The lowest BCUT2D eigenvalue weighted by Crippen LogP contribution is -2.42.